The molecule has 4 aliphatic heterocycles. The number of halogens is 4. The van der Waals surface area contributed by atoms with Gasteiger partial charge in [-0.1, -0.05) is 12.0 Å². The fourth-order valence-corrected chi connectivity index (χ4v) is 8.05. The lowest BCUT2D eigenvalue weighted by molar-refractivity contribution is 0.107. The first-order valence-electron chi connectivity index (χ1n) is 16.0. The van der Waals surface area contributed by atoms with Crippen LogP contribution >= 0.6 is 0 Å². The molecule has 6 heterocycles. The van der Waals surface area contributed by atoms with Crippen LogP contribution in [0, 0.1) is 41.2 Å². The number of phenolic OH excluding ortho intramolecular Hbond substituents is 1. The zero-order valence-electron chi connectivity index (χ0n) is 25.7. The predicted molar refractivity (Wildman–Crippen MR) is 168 cm³/mol. The topological polar surface area (TPSA) is 108 Å². The Hall–Kier alpha value is -4.88. The van der Waals surface area contributed by atoms with Gasteiger partial charge in [0.05, 0.1) is 35.7 Å². The predicted octanol–water partition coefficient (Wildman–Crippen LogP) is 5.60. The van der Waals surface area contributed by atoms with Crippen molar-refractivity contribution in [3.63, 3.8) is 0 Å². The number of benzene rings is 2. The first-order chi connectivity index (χ1) is 23.2. The van der Waals surface area contributed by atoms with Gasteiger partial charge in [-0.2, -0.15) is 15.2 Å². The lowest BCUT2D eigenvalue weighted by atomic mass is 9.95. The van der Waals surface area contributed by atoms with Crippen molar-refractivity contribution in [2.75, 3.05) is 37.7 Å². The van der Waals surface area contributed by atoms with Crippen molar-refractivity contribution in [1.82, 2.24) is 19.9 Å². The van der Waals surface area contributed by atoms with Gasteiger partial charge in [0.15, 0.2) is 5.82 Å². The Bertz CT molecular complexity index is 2070. The standard InChI is InChI=1S/C35H30F4N6O3/c1-2-24-26(38)5-4-19-10-23(46)11-25(27(19)24)30-29(39)31-28-32(43-34(42-31)48-17-35-6-3-7-44(35)14-21(37)12-35)45-15-20(36)8-18(13-40)9-22(45)16-47-33(28)41-30/h1,4-5,10-11,18,20-22,46H,3,6-9,12,14-17H2/t18-,20+,21+,22-,35?/m0/s1. The smallest absolute Gasteiger partial charge is 0.319 e. The van der Waals surface area contributed by atoms with Gasteiger partial charge < -0.3 is 19.5 Å². The molecule has 8 rings (SSSR count). The van der Waals surface area contributed by atoms with E-state index < -0.39 is 41.5 Å². The minimum atomic E-state index is -1.38. The van der Waals surface area contributed by atoms with Gasteiger partial charge in [0.1, 0.15) is 59.5 Å². The number of rotatable bonds is 4. The molecule has 2 aromatic heterocycles. The third-order valence-corrected chi connectivity index (χ3v) is 10.2. The third-order valence-electron chi connectivity index (χ3n) is 10.2. The molecule has 5 atom stereocenters. The van der Waals surface area contributed by atoms with E-state index in [2.05, 4.69) is 31.8 Å². The Morgan fingerprint density at radius 2 is 1.96 bits per heavy atom. The second kappa shape index (κ2) is 11.4. The number of hydrogen-bond acceptors (Lipinski definition) is 9. The Labute approximate surface area is 273 Å². The molecule has 4 aromatic rings. The molecule has 0 aliphatic carbocycles. The fraction of sp³-hybridized carbons (Fsp3) is 0.429. The van der Waals surface area contributed by atoms with Crippen LogP contribution in [0.25, 0.3) is 32.9 Å². The van der Waals surface area contributed by atoms with Crippen molar-refractivity contribution in [2.24, 2.45) is 5.92 Å². The highest BCUT2D eigenvalue weighted by Crippen LogP contribution is 2.45. The molecular weight excluding hydrogens is 628 g/mol. The molecule has 1 unspecified atom stereocenters. The van der Waals surface area contributed by atoms with Gasteiger partial charge >= 0.3 is 6.01 Å². The maximum atomic E-state index is 17.0. The summed E-state index contributed by atoms with van der Waals surface area (Å²) in [5.74, 6) is -0.0851. The van der Waals surface area contributed by atoms with Crippen molar-refractivity contribution in [1.29, 1.82) is 5.26 Å². The Balaban J connectivity index is 1.34. The zero-order chi connectivity index (χ0) is 33.3. The molecule has 3 fully saturated rings. The molecule has 13 heteroatoms. The molecule has 9 nitrogen and oxygen atoms in total. The SMILES string of the molecule is C#Cc1c(F)ccc2cc(O)cc(-c3nc4c5c(nc(OCC67CCCN6C[C@H](F)C7)nc5c3F)N3C[C@H](F)C[C@H](C#N)C[C@H]3CO4)c12. The summed E-state index contributed by atoms with van der Waals surface area (Å²) >= 11 is 0. The van der Waals surface area contributed by atoms with Crippen LogP contribution in [0.2, 0.25) is 0 Å². The Morgan fingerprint density at radius 1 is 1.10 bits per heavy atom. The lowest BCUT2D eigenvalue weighted by Gasteiger charge is -2.31. The van der Waals surface area contributed by atoms with Crippen LogP contribution in [0.5, 0.6) is 17.6 Å². The van der Waals surface area contributed by atoms with Crippen molar-refractivity contribution in [2.45, 2.75) is 56.0 Å². The monoisotopic (exact) mass is 658 g/mol. The molecular formula is C35H30F4N6O3. The molecule has 4 aliphatic rings. The van der Waals surface area contributed by atoms with Gasteiger partial charge in [0.25, 0.3) is 0 Å². The maximum Gasteiger partial charge on any atom is 0.319 e. The molecule has 246 valence electrons. The average molecular weight is 659 g/mol. The Morgan fingerprint density at radius 3 is 2.77 bits per heavy atom. The number of alkyl halides is 2. The lowest BCUT2D eigenvalue weighted by Crippen LogP contribution is -2.43. The van der Waals surface area contributed by atoms with Gasteiger partial charge in [-0.15, -0.1) is 6.42 Å². The summed E-state index contributed by atoms with van der Waals surface area (Å²) in [7, 11) is 0. The summed E-state index contributed by atoms with van der Waals surface area (Å²) in [6.45, 7) is 0.955. The molecule has 48 heavy (non-hydrogen) atoms. The van der Waals surface area contributed by atoms with E-state index in [4.69, 9.17) is 15.9 Å². The van der Waals surface area contributed by atoms with E-state index in [1.165, 1.54) is 18.2 Å². The number of phenols is 1. The van der Waals surface area contributed by atoms with E-state index in [0.717, 1.165) is 25.5 Å². The van der Waals surface area contributed by atoms with Gasteiger partial charge in [0, 0.05) is 23.9 Å². The largest absolute Gasteiger partial charge is 0.508 e. The van der Waals surface area contributed by atoms with Crippen LogP contribution in [-0.4, -0.2) is 81.7 Å². The van der Waals surface area contributed by atoms with Gasteiger partial charge in [-0.05, 0) is 55.8 Å². The van der Waals surface area contributed by atoms with Crippen molar-refractivity contribution in [3.8, 4) is 47.3 Å². The zero-order valence-corrected chi connectivity index (χ0v) is 25.7. The molecule has 0 radical (unpaired) electrons. The number of fused-ring (bicyclic) bond motifs is 4. The van der Waals surface area contributed by atoms with Crippen LogP contribution in [0.15, 0.2) is 24.3 Å². The summed E-state index contributed by atoms with van der Waals surface area (Å²) in [5.41, 5.74) is -1.25. The molecule has 0 bridgehead atoms. The molecule has 0 saturated carbocycles. The summed E-state index contributed by atoms with van der Waals surface area (Å²) in [4.78, 5) is 17.4. The number of nitrogens with zero attached hydrogens (tertiary/aromatic N) is 6. The van der Waals surface area contributed by atoms with Crippen molar-refractivity contribution >= 4 is 27.5 Å². The van der Waals surface area contributed by atoms with Crippen molar-refractivity contribution < 1.29 is 32.1 Å². The first-order valence-corrected chi connectivity index (χ1v) is 16.0. The molecule has 0 amide bonds. The van der Waals surface area contributed by atoms with Crippen LogP contribution in [-0.2, 0) is 0 Å². The first kappa shape index (κ1) is 30.5. The summed E-state index contributed by atoms with van der Waals surface area (Å²) in [6.07, 6.45) is 5.50. The van der Waals surface area contributed by atoms with E-state index >= 15 is 8.78 Å². The minimum absolute atomic E-state index is 0.00639. The maximum absolute atomic E-state index is 17.0. The molecule has 1 N–H and O–H groups in total. The number of aromatic nitrogens is 3. The summed E-state index contributed by atoms with van der Waals surface area (Å²) in [6, 6.07) is 6.67. The van der Waals surface area contributed by atoms with Crippen LogP contribution in [0.3, 0.4) is 0 Å². The van der Waals surface area contributed by atoms with Gasteiger partial charge in [-0.3, -0.25) is 4.90 Å². The second-order valence-corrected chi connectivity index (χ2v) is 13.2. The normalized spacial score (nSPS) is 26.7. The number of aromatic hydroxyl groups is 1. The summed E-state index contributed by atoms with van der Waals surface area (Å²) < 4.78 is 74.1. The minimum Gasteiger partial charge on any atom is -0.508 e. The van der Waals surface area contributed by atoms with Crippen LogP contribution in [0.4, 0.5) is 23.4 Å². The number of hydrogen-bond donors (Lipinski definition) is 1. The van der Waals surface area contributed by atoms with Crippen LogP contribution < -0.4 is 14.4 Å². The van der Waals surface area contributed by atoms with Gasteiger partial charge in [-0.25, -0.2) is 22.5 Å². The van der Waals surface area contributed by atoms with E-state index in [1.807, 2.05) is 0 Å². The highest BCUT2D eigenvalue weighted by Gasteiger charge is 2.49. The number of pyridine rings is 1. The number of nitriles is 1. The van der Waals surface area contributed by atoms with E-state index in [9.17, 15) is 19.1 Å². The van der Waals surface area contributed by atoms with Crippen molar-refractivity contribution in [3.05, 3.63) is 41.5 Å². The van der Waals surface area contributed by atoms with Crippen LogP contribution in [0.1, 0.15) is 37.7 Å². The molecule has 0 spiro atoms. The van der Waals surface area contributed by atoms with E-state index in [-0.39, 0.29) is 89.2 Å². The quantitative estimate of drug-likeness (QED) is 0.221. The van der Waals surface area contributed by atoms with E-state index in [1.54, 1.807) is 4.90 Å². The molecule has 3 saturated heterocycles. The average Bonchev–Trinajstić information content (AvgIpc) is 3.48. The fourth-order valence-electron chi connectivity index (χ4n) is 8.05. The molecule has 2 aromatic carbocycles. The second-order valence-electron chi connectivity index (χ2n) is 13.2. The van der Waals surface area contributed by atoms with Gasteiger partial charge in [0.2, 0.25) is 5.88 Å². The number of ether oxygens (including phenoxy) is 2. The third kappa shape index (κ3) is 4.83. The summed E-state index contributed by atoms with van der Waals surface area (Å²) in [5, 5.41) is 20.9. The highest BCUT2D eigenvalue weighted by atomic mass is 19.1. The van der Waals surface area contributed by atoms with E-state index in [0.29, 0.717) is 18.4 Å². The number of anilines is 1. The number of terminal acetylenes is 1. The highest BCUT2D eigenvalue weighted by molar-refractivity contribution is 6.04. The Kier molecular flexibility index (Phi) is 7.22.